The number of rotatable bonds is 4. The van der Waals surface area contributed by atoms with Crippen LogP contribution in [0.4, 0.5) is 21.5 Å². The number of hydrogen-bond donors (Lipinski definition) is 2. The van der Waals surface area contributed by atoms with Crippen LogP contribution in [0.15, 0.2) is 36.5 Å². The number of hydrogen-bond acceptors (Lipinski definition) is 5. The van der Waals surface area contributed by atoms with Crippen molar-refractivity contribution in [2.24, 2.45) is 0 Å². The third-order valence-corrected chi connectivity index (χ3v) is 2.62. The minimum Gasteiger partial charge on any atom is -0.397 e. The van der Waals surface area contributed by atoms with E-state index >= 15 is 0 Å². The highest BCUT2D eigenvalue weighted by molar-refractivity contribution is 5.94. The van der Waals surface area contributed by atoms with Crippen LogP contribution in [0.1, 0.15) is 5.69 Å². The lowest BCUT2D eigenvalue weighted by Gasteiger charge is -2.06. The highest BCUT2D eigenvalue weighted by Crippen LogP contribution is 2.25. The lowest BCUT2D eigenvalue weighted by Crippen LogP contribution is -2.16. The summed E-state index contributed by atoms with van der Waals surface area (Å²) in [6, 6.07) is 6.09. The molecule has 7 nitrogen and oxygen atoms in total. The van der Waals surface area contributed by atoms with Crippen molar-refractivity contribution in [1.82, 2.24) is 4.98 Å². The third kappa shape index (κ3) is 3.72. The molecular formula is C13H11FN4O3. The van der Waals surface area contributed by atoms with Crippen molar-refractivity contribution in [3.63, 3.8) is 0 Å². The van der Waals surface area contributed by atoms with Crippen molar-refractivity contribution in [3.8, 4) is 0 Å². The van der Waals surface area contributed by atoms with E-state index in [2.05, 4.69) is 10.3 Å². The SMILES string of the molecule is Nc1ccc(CC(=O)Nc2ccc(F)cc2[N+](=O)[O-])nc1. The highest BCUT2D eigenvalue weighted by atomic mass is 19.1. The number of pyridine rings is 1. The van der Waals surface area contributed by atoms with Crippen LogP contribution in [0, 0.1) is 15.9 Å². The molecule has 1 amide bonds. The Balaban J connectivity index is 2.12. The van der Waals surface area contributed by atoms with Crippen molar-refractivity contribution in [1.29, 1.82) is 0 Å². The van der Waals surface area contributed by atoms with Gasteiger partial charge in [-0.2, -0.15) is 0 Å². The molecule has 8 heteroatoms. The number of nitro benzene ring substituents is 1. The maximum absolute atomic E-state index is 13.0. The molecule has 0 saturated heterocycles. The van der Waals surface area contributed by atoms with Gasteiger partial charge < -0.3 is 11.1 Å². The summed E-state index contributed by atoms with van der Waals surface area (Å²) in [6.07, 6.45) is 1.33. The van der Waals surface area contributed by atoms with Gasteiger partial charge in [-0.05, 0) is 24.3 Å². The van der Waals surface area contributed by atoms with Crippen molar-refractivity contribution in [2.75, 3.05) is 11.1 Å². The number of nitrogens with zero attached hydrogens (tertiary/aromatic N) is 2. The minimum absolute atomic E-state index is 0.0677. The first-order valence-electron chi connectivity index (χ1n) is 5.90. The fourth-order valence-corrected chi connectivity index (χ4v) is 1.66. The second kappa shape index (κ2) is 5.95. The quantitative estimate of drug-likeness (QED) is 0.659. The molecule has 0 radical (unpaired) electrons. The van der Waals surface area contributed by atoms with E-state index in [0.717, 1.165) is 18.2 Å². The van der Waals surface area contributed by atoms with E-state index in [1.807, 2.05) is 0 Å². The molecule has 0 aliphatic rings. The zero-order valence-electron chi connectivity index (χ0n) is 10.7. The molecule has 21 heavy (non-hydrogen) atoms. The molecular weight excluding hydrogens is 279 g/mol. The number of nitrogen functional groups attached to an aromatic ring is 1. The monoisotopic (exact) mass is 290 g/mol. The van der Waals surface area contributed by atoms with E-state index in [0.29, 0.717) is 11.4 Å². The summed E-state index contributed by atoms with van der Waals surface area (Å²) in [6.45, 7) is 0. The van der Waals surface area contributed by atoms with E-state index in [4.69, 9.17) is 5.73 Å². The van der Waals surface area contributed by atoms with Crippen LogP contribution in [-0.2, 0) is 11.2 Å². The Bertz CT molecular complexity index is 688. The van der Waals surface area contributed by atoms with E-state index < -0.39 is 22.3 Å². The highest BCUT2D eigenvalue weighted by Gasteiger charge is 2.17. The van der Waals surface area contributed by atoms with Gasteiger partial charge in [-0.3, -0.25) is 19.9 Å². The Morgan fingerprint density at radius 2 is 2.14 bits per heavy atom. The van der Waals surface area contributed by atoms with E-state index in [-0.39, 0.29) is 12.1 Å². The summed E-state index contributed by atoms with van der Waals surface area (Å²) in [5.41, 5.74) is 5.83. The largest absolute Gasteiger partial charge is 0.397 e. The van der Waals surface area contributed by atoms with E-state index in [1.54, 1.807) is 12.1 Å². The molecule has 108 valence electrons. The van der Waals surface area contributed by atoms with Crippen molar-refractivity contribution >= 4 is 23.0 Å². The molecule has 1 heterocycles. The average molecular weight is 290 g/mol. The summed E-state index contributed by atoms with van der Waals surface area (Å²) in [7, 11) is 0. The summed E-state index contributed by atoms with van der Waals surface area (Å²) >= 11 is 0. The van der Waals surface area contributed by atoms with Crippen LogP contribution < -0.4 is 11.1 Å². The number of halogens is 1. The standard InChI is InChI=1S/C13H11FN4O3/c14-8-1-4-11(12(5-8)18(20)21)17-13(19)6-10-3-2-9(15)7-16-10/h1-5,7H,6,15H2,(H,17,19). The van der Waals surface area contributed by atoms with Gasteiger partial charge in [-0.1, -0.05) is 0 Å². The molecule has 0 saturated carbocycles. The Labute approximate surface area is 118 Å². The molecule has 2 rings (SSSR count). The van der Waals surface area contributed by atoms with Gasteiger partial charge in [-0.25, -0.2) is 4.39 Å². The van der Waals surface area contributed by atoms with Crippen LogP contribution in [0.5, 0.6) is 0 Å². The van der Waals surface area contributed by atoms with Gasteiger partial charge in [-0.15, -0.1) is 0 Å². The number of amides is 1. The second-order valence-corrected chi connectivity index (χ2v) is 4.23. The number of anilines is 2. The zero-order valence-corrected chi connectivity index (χ0v) is 10.7. The molecule has 0 aliphatic heterocycles. The number of benzene rings is 1. The van der Waals surface area contributed by atoms with Gasteiger partial charge in [0.2, 0.25) is 5.91 Å². The minimum atomic E-state index is -0.764. The smallest absolute Gasteiger partial charge is 0.295 e. The zero-order chi connectivity index (χ0) is 15.4. The van der Waals surface area contributed by atoms with Crippen LogP contribution in [-0.4, -0.2) is 15.8 Å². The number of carbonyl (C=O) groups excluding carboxylic acids is 1. The Morgan fingerprint density at radius 3 is 2.76 bits per heavy atom. The fourth-order valence-electron chi connectivity index (χ4n) is 1.66. The number of nitro groups is 1. The van der Waals surface area contributed by atoms with Crippen molar-refractivity contribution in [2.45, 2.75) is 6.42 Å². The van der Waals surface area contributed by atoms with E-state index in [1.165, 1.54) is 6.20 Å². The van der Waals surface area contributed by atoms with Crippen LogP contribution >= 0.6 is 0 Å². The number of nitrogens with one attached hydrogen (secondary N) is 1. The first kappa shape index (κ1) is 14.4. The lowest BCUT2D eigenvalue weighted by molar-refractivity contribution is -0.384. The van der Waals surface area contributed by atoms with Crippen LogP contribution in [0.2, 0.25) is 0 Å². The second-order valence-electron chi connectivity index (χ2n) is 4.23. The maximum Gasteiger partial charge on any atom is 0.295 e. The summed E-state index contributed by atoms with van der Waals surface area (Å²) in [5.74, 6) is -1.25. The Kier molecular flexibility index (Phi) is 4.07. The number of aromatic nitrogens is 1. The summed E-state index contributed by atoms with van der Waals surface area (Å²) in [4.78, 5) is 25.8. The third-order valence-electron chi connectivity index (χ3n) is 2.62. The molecule has 2 aromatic rings. The Morgan fingerprint density at radius 1 is 1.38 bits per heavy atom. The molecule has 0 aliphatic carbocycles. The Hall–Kier alpha value is -3.03. The fraction of sp³-hybridized carbons (Fsp3) is 0.0769. The molecule has 0 bridgehead atoms. The summed E-state index contributed by atoms with van der Waals surface area (Å²) < 4.78 is 13.0. The number of carbonyl (C=O) groups is 1. The van der Waals surface area contributed by atoms with Gasteiger partial charge in [0.1, 0.15) is 11.5 Å². The normalized spacial score (nSPS) is 10.1. The van der Waals surface area contributed by atoms with Gasteiger partial charge in [0, 0.05) is 5.69 Å². The molecule has 0 fully saturated rings. The van der Waals surface area contributed by atoms with Gasteiger partial charge in [0.25, 0.3) is 5.69 Å². The van der Waals surface area contributed by atoms with Gasteiger partial charge in [0.15, 0.2) is 0 Å². The molecule has 0 spiro atoms. The topological polar surface area (TPSA) is 111 Å². The van der Waals surface area contributed by atoms with Gasteiger partial charge in [0.05, 0.1) is 29.3 Å². The maximum atomic E-state index is 13.0. The lowest BCUT2D eigenvalue weighted by atomic mass is 10.2. The molecule has 0 atom stereocenters. The molecule has 1 aromatic heterocycles. The summed E-state index contributed by atoms with van der Waals surface area (Å²) in [5, 5.41) is 13.2. The first-order valence-corrected chi connectivity index (χ1v) is 5.90. The van der Waals surface area contributed by atoms with Crippen molar-refractivity contribution < 1.29 is 14.1 Å². The molecule has 1 aromatic carbocycles. The van der Waals surface area contributed by atoms with Gasteiger partial charge >= 0.3 is 0 Å². The van der Waals surface area contributed by atoms with Crippen molar-refractivity contribution in [3.05, 3.63) is 58.2 Å². The predicted octanol–water partition coefficient (Wildman–Crippen LogP) is 1.89. The first-order chi connectivity index (χ1) is 9.95. The molecule has 0 unspecified atom stereocenters. The predicted molar refractivity (Wildman–Crippen MR) is 74.0 cm³/mol. The van der Waals surface area contributed by atoms with E-state index in [9.17, 15) is 19.3 Å². The van der Waals surface area contributed by atoms with Crippen LogP contribution in [0.3, 0.4) is 0 Å². The van der Waals surface area contributed by atoms with Crippen LogP contribution in [0.25, 0.3) is 0 Å². The number of nitrogens with two attached hydrogens (primary N) is 1. The molecule has 3 N–H and O–H groups in total. The average Bonchev–Trinajstić information content (AvgIpc) is 2.43.